The molecule has 0 spiro atoms. The van der Waals surface area contributed by atoms with Crippen LogP contribution in [0.25, 0.3) is 22.5 Å². The van der Waals surface area contributed by atoms with E-state index in [4.69, 9.17) is 5.73 Å². The molecule has 0 saturated carbocycles. The van der Waals surface area contributed by atoms with E-state index in [0.717, 1.165) is 0 Å². The third-order valence-electron chi connectivity index (χ3n) is 2.92. The fourth-order valence-corrected chi connectivity index (χ4v) is 2.23. The highest BCUT2D eigenvalue weighted by molar-refractivity contribution is 9.10. The van der Waals surface area contributed by atoms with E-state index in [1.54, 1.807) is 18.3 Å². The number of nitrogens with two attached hydrogens (primary N) is 1. The van der Waals surface area contributed by atoms with Crippen LogP contribution in [0.5, 0.6) is 0 Å². The van der Waals surface area contributed by atoms with Crippen molar-refractivity contribution in [2.24, 2.45) is 0 Å². The summed E-state index contributed by atoms with van der Waals surface area (Å²) in [7, 11) is 0. The van der Waals surface area contributed by atoms with Crippen molar-refractivity contribution < 1.29 is 4.39 Å². The van der Waals surface area contributed by atoms with E-state index in [9.17, 15) is 4.39 Å². The third-order valence-corrected chi connectivity index (χ3v) is 3.57. The van der Waals surface area contributed by atoms with Crippen LogP contribution in [0.3, 0.4) is 0 Å². The highest BCUT2D eigenvalue weighted by Gasteiger charge is 2.16. The molecule has 0 aliphatic carbocycles. The second-order valence-corrected chi connectivity index (χ2v) is 5.06. The number of hydrogen-bond donors (Lipinski definition) is 2. The number of aromatic amines is 1. The molecule has 6 heteroatoms. The number of rotatable bonds is 2. The van der Waals surface area contributed by atoms with E-state index in [2.05, 4.69) is 31.1 Å². The average molecular weight is 333 g/mol. The number of pyridine rings is 1. The van der Waals surface area contributed by atoms with Crippen molar-refractivity contribution in [2.75, 3.05) is 5.73 Å². The first-order valence-electron chi connectivity index (χ1n) is 5.87. The number of benzene rings is 1. The Morgan fingerprint density at radius 2 is 2.05 bits per heavy atom. The fraction of sp³-hybridized carbons (Fsp3) is 0. The second kappa shape index (κ2) is 5.05. The minimum Gasteiger partial charge on any atom is -0.382 e. The van der Waals surface area contributed by atoms with Gasteiger partial charge in [0.05, 0.1) is 21.4 Å². The second-order valence-electron chi connectivity index (χ2n) is 4.20. The Balaban J connectivity index is 2.18. The number of nitrogens with zero attached hydrogens (tertiary/aromatic N) is 2. The molecule has 3 aromatic rings. The van der Waals surface area contributed by atoms with Crippen LogP contribution in [0.4, 0.5) is 10.2 Å². The van der Waals surface area contributed by atoms with Gasteiger partial charge in [0.1, 0.15) is 5.82 Å². The van der Waals surface area contributed by atoms with E-state index in [0.29, 0.717) is 32.8 Å². The molecule has 0 aliphatic heterocycles. The van der Waals surface area contributed by atoms with Crippen LogP contribution in [-0.4, -0.2) is 15.2 Å². The van der Waals surface area contributed by atoms with Crippen molar-refractivity contribution >= 4 is 21.7 Å². The first kappa shape index (κ1) is 12.8. The molecule has 20 heavy (non-hydrogen) atoms. The molecule has 0 atom stereocenters. The maximum absolute atomic E-state index is 13.7. The maximum atomic E-state index is 13.7. The van der Waals surface area contributed by atoms with Gasteiger partial charge >= 0.3 is 0 Å². The van der Waals surface area contributed by atoms with Crippen LogP contribution in [0, 0.1) is 5.82 Å². The number of aromatic nitrogens is 3. The summed E-state index contributed by atoms with van der Waals surface area (Å²) in [6.45, 7) is 0. The predicted molar refractivity (Wildman–Crippen MR) is 79.3 cm³/mol. The largest absolute Gasteiger partial charge is 0.382 e. The summed E-state index contributed by atoms with van der Waals surface area (Å²) in [6.07, 6.45) is 1.67. The molecule has 0 radical (unpaired) electrons. The van der Waals surface area contributed by atoms with Gasteiger partial charge in [0, 0.05) is 11.8 Å². The molecule has 4 nitrogen and oxygen atoms in total. The number of hydrogen-bond acceptors (Lipinski definition) is 3. The molecule has 2 aromatic heterocycles. The summed E-state index contributed by atoms with van der Waals surface area (Å²) in [5.41, 5.74) is 8.57. The normalized spacial score (nSPS) is 10.7. The fourth-order valence-electron chi connectivity index (χ4n) is 1.99. The van der Waals surface area contributed by atoms with Gasteiger partial charge in [0.2, 0.25) is 0 Å². The zero-order valence-electron chi connectivity index (χ0n) is 10.3. The number of H-pyrrole nitrogens is 1. The Morgan fingerprint density at radius 3 is 2.75 bits per heavy atom. The minimum absolute atomic E-state index is 0.335. The Labute approximate surface area is 123 Å². The van der Waals surface area contributed by atoms with Crippen molar-refractivity contribution in [2.45, 2.75) is 0 Å². The minimum atomic E-state index is -0.345. The Kier molecular flexibility index (Phi) is 3.23. The molecular weight excluding hydrogens is 323 g/mol. The number of nitrogens with one attached hydrogen (secondary N) is 1. The molecule has 0 aliphatic rings. The summed E-state index contributed by atoms with van der Waals surface area (Å²) in [5, 5.41) is 6.84. The van der Waals surface area contributed by atoms with Gasteiger partial charge in [0.15, 0.2) is 5.82 Å². The van der Waals surface area contributed by atoms with Gasteiger partial charge < -0.3 is 5.73 Å². The van der Waals surface area contributed by atoms with E-state index in [-0.39, 0.29) is 5.82 Å². The standard InChI is InChI=1S/C14H10BrFN4/c15-9-5-4-8(7-10(9)16)13-12(14(17)20-19-13)11-3-1-2-6-18-11/h1-7H,(H3,17,19,20). The molecule has 0 fully saturated rings. The smallest absolute Gasteiger partial charge is 0.155 e. The Morgan fingerprint density at radius 1 is 1.20 bits per heavy atom. The van der Waals surface area contributed by atoms with Gasteiger partial charge in [0.25, 0.3) is 0 Å². The monoisotopic (exact) mass is 332 g/mol. The van der Waals surface area contributed by atoms with E-state index >= 15 is 0 Å². The lowest BCUT2D eigenvalue weighted by molar-refractivity contribution is 0.621. The SMILES string of the molecule is Nc1n[nH]c(-c2ccc(Br)c(F)c2)c1-c1ccccn1. The van der Waals surface area contributed by atoms with Gasteiger partial charge in [-0.05, 0) is 40.2 Å². The molecule has 0 unspecified atom stereocenters. The Bertz CT molecular complexity index is 755. The van der Waals surface area contributed by atoms with Crippen molar-refractivity contribution in [1.29, 1.82) is 0 Å². The van der Waals surface area contributed by atoms with Crippen LogP contribution in [0.1, 0.15) is 0 Å². The van der Waals surface area contributed by atoms with Crippen LogP contribution in [0.15, 0.2) is 47.1 Å². The summed E-state index contributed by atoms with van der Waals surface area (Å²) in [6, 6.07) is 10.4. The molecule has 1 aromatic carbocycles. The van der Waals surface area contributed by atoms with Crippen molar-refractivity contribution in [3.05, 3.63) is 52.9 Å². The molecular formula is C14H10BrFN4. The molecule has 3 rings (SSSR count). The van der Waals surface area contributed by atoms with E-state index in [1.807, 2.05) is 18.2 Å². The summed E-state index contributed by atoms with van der Waals surface area (Å²) < 4.78 is 14.1. The highest BCUT2D eigenvalue weighted by Crippen LogP contribution is 2.34. The molecule has 2 heterocycles. The predicted octanol–water partition coefficient (Wildman–Crippen LogP) is 3.62. The summed E-state index contributed by atoms with van der Waals surface area (Å²) in [5.74, 6) is -0.00957. The molecule has 3 N–H and O–H groups in total. The third kappa shape index (κ3) is 2.18. The molecule has 0 saturated heterocycles. The summed E-state index contributed by atoms with van der Waals surface area (Å²) >= 11 is 3.13. The van der Waals surface area contributed by atoms with E-state index < -0.39 is 0 Å². The number of nitrogen functional groups attached to an aromatic ring is 1. The average Bonchev–Trinajstić information content (AvgIpc) is 2.85. The van der Waals surface area contributed by atoms with Crippen LogP contribution in [0.2, 0.25) is 0 Å². The first-order chi connectivity index (χ1) is 9.66. The lowest BCUT2D eigenvalue weighted by Crippen LogP contribution is -1.91. The number of halogens is 2. The lowest BCUT2D eigenvalue weighted by atomic mass is 10.0. The maximum Gasteiger partial charge on any atom is 0.155 e. The quantitative estimate of drug-likeness (QED) is 0.753. The topological polar surface area (TPSA) is 67.6 Å². The Hall–Kier alpha value is -2.21. The van der Waals surface area contributed by atoms with Gasteiger partial charge in [-0.3, -0.25) is 10.1 Å². The van der Waals surface area contributed by atoms with Crippen molar-refractivity contribution in [3.8, 4) is 22.5 Å². The van der Waals surface area contributed by atoms with Crippen LogP contribution >= 0.6 is 15.9 Å². The van der Waals surface area contributed by atoms with Gasteiger partial charge in [-0.2, -0.15) is 5.10 Å². The summed E-state index contributed by atoms with van der Waals surface area (Å²) in [4.78, 5) is 4.27. The molecule has 0 amide bonds. The first-order valence-corrected chi connectivity index (χ1v) is 6.67. The zero-order valence-corrected chi connectivity index (χ0v) is 11.9. The molecule has 0 bridgehead atoms. The number of anilines is 1. The van der Waals surface area contributed by atoms with Crippen molar-refractivity contribution in [3.63, 3.8) is 0 Å². The van der Waals surface area contributed by atoms with Crippen molar-refractivity contribution in [1.82, 2.24) is 15.2 Å². The van der Waals surface area contributed by atoms with E-state index in [1.165, 1.54) is 6.07 Å². The van der Waals surface area contributed by atoms with Gasteiger partial charge in [-0.15, -0.1) is 0 Å². The van der Waals surface area contributed by atoms with Crippen LogP contribution in [-0.2, 0) is 0 Å². The molecule has 100 valence electrons. The van der Waals surface area contributed by atoms with Crippen LogP contribution < -0.4 is 5.73 Å². The zero-order chi connectivity index (χ0) is 14.1. The lowest BCUT2D eigenvalue weighted by Gasteiger charge is -2.04. The van der Waals surface area contributed by atoms with Gasteiger partial charge in [-0.25, -0.2) is 4.39 Å². The van der Waals surface area contributed by atoms with Gasteiger partial charge in [-0.1, -0.05) is 12.1 Å². The highest BCUT2D eigenvalue weighted by atomic mass is 79.9.